The molecule has 4 heterocycles. The molecule has 0 saturated carbocycles. The first kappa shape index (κ1) is 34.5. The number of benzene rings is 2. The van der Waals surface area contributed by atoms with Crippen molar-refractivity contribution < 1.29 is 40.7 Å². The molecule has 0 radical (unpaired) electrons. The van der Waals surface area contributed by atoms with Gasteiger partial charge in [0.15, 0.2) is 0 Å². The van der Waals surface area contributed by atoms with Gasteiger partial charge in [-0.1, -0.05) is 61.9 Å². The van der Waals surface area contributed by atoms with Gasteiger partial charge in [-0.25, -0.2) is 0 Å². The Hall–Kier alpha value is -4.39. The summed E-state index contributed by atoms with van der Waals surface area (Å²) in [5, 5.41) is 1.17. The largest absolute Gasteiger partial charge is 0.474 e. The van der Waals surface area contributed by atoms with Crippen LogP contribution in [0.2, 0.25) is 0 Å². The van der Waals surface area contributed by atoms with E-state index >= 15 is 0 Å². The van der Waals surface area contributed by atoms with Crippen LogP contribution in [0.3, 0.4) is 0 Å². The summed E-state index contributed by atoms with van der Waals surface area (Å²) < 4.78 is 89.2. The number of ether oxygens (including phenoxy) is 1. The van der Waals surface area contributed by atoms with Crippen LogP contribution in [-0.4, -0.2) is 51.3 Å². The van der Waals surface area contributed by atoms with Crippen LogP contribution in [-0.2, 0) is 30.1 Å². The first-order valence-electron chi connectivity index (χ1n) is 16.0. The molecule has 4 aromatic rings. The SMILES string of the molecule is CCC[C@H]1N(C(=O)c2ncccc2C(F)(F)F)CCC[C@@]1(Oc1csc(C(F)(F)F)c1)C(=O)N1CCc2cc(-c3ccccc3)ccc2C1. The van der Waals surface area contributed by atoms with Gasteiger partial charge >= 0.3 is 12.4 Å². The van der Waals surface area contributed by atoms with E-state index in [9.17, 15) is 35.9 Å². The molecule has 2 amide bonds. The van der Waals surface area contributed by atoms with Gasteiger partial charge in [-0.15, -0.1) is 11.3 Å². The summed E-state index contributed by atoms with van der Waals surface area (Å²) in [5.41, 5.74) is 0.110. The van der Waals surface area contributed by atoms with Gasteiger partial charge < -0.3 is 14.5 Å². The van der Waals surface area contributed by atoms with E-state index in [1.54, 1.807) is 11.8 Å². The van der Waals surface area contributed by atoms with E-state index in [4.69, 9.17) is 4.74 Å². The number of amides is 2. The highest BCUT2D eigenvalue weighted by Crippen LogP contribution is 2.43. The minimum absolute atomic E-state index is 0.0122. The topological polar surface area (TPSA) is 62.7 Å². The van der Waals surface area contributed by atoms with Crippen molar-refractivity contribution >= 4 is 23.2 Å². The average Bonchev–Trinajstić information content (AvgIpc) is 3.57. The summed E-state index contributed by atoms with van der Waals surface area (Å²) in [5.74, 6) is -1.75. The molecule has 1 saturated heterocycles. The van der Waals surface area contributed by atoms with Crippen LogP contribution >= 0.6 is 11.3 Å². The highest BCUT2D eigenvalue weighted by molar-refractivity contribution is 7.10. The Labute approximate surface area is 283 Å². The van der Waals surface area contributed by atoms with Gasteiger partial charge in [0, 0.05) is 43.7 Å². The summed E-state index contributed by atoms with van der Waals surface area (Å²) in [6.07, 6.45) is -7.17. The van der Waals surface area contributed by atoms with Crippen LogP contribution in [0.25, 0.3) is 11.1 Å². The Balaban J connectivity index is 1.39. The number of thiophene rings is 1. The fraction of sp³-hybridized carbons (Fsp3) is 0.361. The smallest absolute Gasteiger partial charge is 0.425 e. The molecule has 6 nitrogen and oxygen atoms in total. The average molecular weight is 702 g/mol. The Kier molecular flexibility index (Phi) is 9.49. The van der Waals surface area contributed by atoms with Gasteiger partial charge in [-0.05, 0) is 53.6 Å². The number of likely N-dealkylation sites (tertiary alicyclic amines) is 1. The van der Waals surface area contributed by atoms with E-state index in [1.165, 1.54) is 10.3 Å². The van der Waals surface area contributed by atoms with Crippen molar-refractivity contribution in [2.75, 3.05) is 13.1 Å². The van der Waals surface area contributed by atoms with Crippen LogP contribution < -0.4 is 4.74 Å². The van der Waals surface area contributed by atoms with Crippen molar-refractivity contribution in [1.82, 2.24) is 14.8 Å². The number of halogens is 6. The summed E-state index contributed by atoms with van der Waals surface area (Å²) in [6, 6.07) is 17.4. The van der Waals surface area contributed by atoms with Gasteiger partial charge in [0.05, 0.1) is 11.6 Å². The number of nitrogens with zero attached hydrogens (tertiary/aromatic N) is 3. The van der Waals surface area contributed by atoms with Gasteiger partial charge in [-0.2, -0.15) is 26.3 Å². The first-order valence-corrected chi connectivity index (χ1v) is 16.8. The van der Waals surface area contributed by atoms with Gasteiger partial charge in [0.25, 0.3) is 11.8 Å². The molecule has 2 atom stereocenters. The highest BCUT2D eigenvalue weighted by Gasteiger charge is 2.56. The fourth-order valence-corrected chi connectivity index (χ4v) is 7.56. The fourth-order valence-electron chi connectivity index (χ4n) is 6.88. The van der Waals surface area contributed by atoms with Gasteiger partial charge in [-0.3, -0.25) is 14.6 Å². The van der Waals surface area contributed by atoms with Crippen LogP contribution in [0.4, 0.5) is 26.3 Å². The number of hydrogen-bond donors (Lipinski definition) is 0. The summed E-state index contributed by atoms with van der Waals surface area (Å²) >= 11 is 0.414. The molecule has 2 aromatic carbocycles. The number of carbonyl (C=O) groups excluding carboxylic acids is 2. The van der Waals surface area contributed by atoms with Crippen LogP contribution in [0.5, 0.6) is 5.75 Å². The lowest BCUT2D eigenvalue weighted by molar-refractivity contribution is -0.160. The molecule has 0 bridgehead atoms. The van der Waals surface area contributed by atoms with Crippen molar-refractivity contribution in [3.05, 3.63) is 106 Å². The maximum atomic E-state index is 14.8. The summed E-state index contributed by atoms with van der Waals surface area (Å²) in [4.78, 5) is 34.5. The zero-order chi connectivity index (χ0) is 35.0. The second-order valence-electron chi connectivity index (χ2n) is 12.3. The lowest BCUT2D eigenvalue weighted by atomic mass is 9.79. The second-order valence-corrected chi connectivity index (χ2v) is 13.2. The van der Waals surface area contributed by atoms with Gasteiger partial charge in [0.2, 0.25) is 5.60 Å². The van der Waals surface area contributed by atoms with E-state index < -0.39 is 51.9 Å². The quantitative estimate of drug-likeness (QED) is 0.181. The lowest BCUT2D eigenvalue weighted by Crippen LogP contribution is -2.68. The molecule has 0 N–H and O–H groups in total. The number of carbonyl (C=O) groups is 2. The third kappa shape index (κ3) is 6.90. The number of hydrogen-bond acceptors (Lipinski definition) is 5. The molecular weight excluding hydrogens is 668 g/mol. The number of alkyl halides is 6. The predicted octanol–water partition coefficient (Wildman–Crippen LogP) is 8.66. The Bertz CT molecular complexity index is 1830. The van der Waals surface area contributed by atoms with Crippen LogP contribution in [0.15, 0.2) is 78.3 Å². The maximum Gasteiger partial charge on any atom is 0.425 e. The monoisotopic (exact) mass is 701 g/mol. The number of pyridine rings is 1. The molecule has 0 unspecified atom stereocenters. The van der Waals surface area contributed by atoms with Crippen molar-refractivity contribution in [1.29, 1.82) is 0 Å². The Morgan fingerprint density at radius 3 is 2.41 bits per heavy atom. The molecule has 49 heavy (non-hydrogen) atoms. The predicted molar refractivity (Wildman–Crippen MR) is 172 cm³/mol. The molecule has 2 aliphatic heterocycles. The molecule has 2 aromatic heterocycles. The molecule has 258 valence electrons. The van der Waals surface area contributed by atoms with Crippen LogP contribution in [0.1, 0.15) is 64.7 Å². The number of piperidine rings is 1. The Morgan fingerprint density at radius 2 is 1.71 bits per heavy atom. The van der Waals surface area contributed by atoms with Gasteiger partial charge in [0.1, 0.15) is 16.3 Å². The first-order chi connectivity index (χ1) is 23.3. The van der Waals surface area contributed by atoms with Crippen molar-refractivity contribution in [3.8, 4) is 16.9 Å². The molecule has 0 aliphatic carbocycles. The number of rotatable bonds is 7. The molecule has 13 heteroatoms. The normalized spacial score (nSPS) is 19.8. The molecule has 0 spiro atoms. The minimum Gasteiger partial charge on any atom is -0.474 e. The van der Waals surface area contributed by atoms with Crippen molar-refractivity contribution in [3.63, 3.8) is 0 Å². The third-order valence-electron chi connectivity index (χ3n) is 9.13. The molecule has 2 aliphatic rings. The zero-order valence-electron chi connectivity index (χ0n) is 26.5. The van der Waals surface area contributed by atoms with E-state index in [0.717, 1.165) is 46.6 Å². The minimum atomic E-state index is -4.87. The van der Waals surface area contributed by atoms with E-state index in [0.29, 0.717) is 24.2 Å². The van der Waals surface area contributed by atoms with E-state index in [2.05, 4.69) is 11.1 Å². The van der Waals surface area contributed by atoms with E-state index in [-0.39, 0.29) is 44.6 Å². The third-order valence-corrected chi connectivity index (χ3v) is 10.1. The second kappa shape index (κ2) is 13.5. The molecule has 1 fully saturated rings. The molecular formula is C36H33F6N3O3S. The lowest BCUT2D eigenvalue weighted by Gasteiger charge is -2.50. The number of aromatic nitrogens is 1. The molecule has 6 rings (SSSR count). The summed E-state index contributed by atoms with van der Waals surface area (Å²) in [6.45, 7) is 2.27. The standard InChI is InChI=1S/C36H33F6N3O3S/c1-2-8-29-34(48-27-20-30(49-22-27)36(40,41)42,15-7-17-45(29)32(46)31-28(35(37,38)39)11-6-16-43-31)33(47)44-18-14-25-19-24(12-13-26(25)21-44)23-9-4-3-5-10-23/h3-6,9-13,16,19-20,22,29H,2,7-8,14-15,17-18,21H2,1H3/t29-,34+/m1/s1. The van der Waals surface area contributed by atoms with E-state index in [1.807, 2.05) is 42.5 Å². The zero-order valence-corrected chi connectivity index (χ0v) is 27.3. The summed E-state index contributed by atoms with van der Waals surface area (Å²) in [7, 11) is 0. The highest BCUT2D eigenvalue weighted by atomic mass is 32.1. The maximum absolute atomic E-state index is 14.8. The van der Waals surface area contributed by atoms with Crippen LogP contribution in [0, 0.1) is 0 Å². The Morgan fingerprint density at radius 1 is 0.939 bits per heavy atom. The van der Waals surface area contributed by atoms with Crippen molar-refractivity contribution in [2.45, 2.75) is 69.6 Å². The number of fused-ring (bicyclic) bond motifs is 1. The van der Waals surface area contributed by atoms with Crippen molar-refractivity contribution in [2.24, 2.45) is 0 Å².